The largest absolute Gasteiger partial charge is 0.487 e. The Balaban J connectivity index is 1.66. The molecule has 1 saturated heterocycles. The van der Waals surface area contributed by atoms with Crippen LogP contribution in [0.4, 0.5) is 11.4 Å². The minimum atomic E-state index is -0.234. The number of carbonyl (C=O) groups excluding carboxylic acids is 1. The number of hydrogen-bond acceptors (Lipinski definition) is 5. The normalized spacial score (nSPS) is 18.1. The summed E-state index contributed by atoms with van der Waals surface area (Å²) >= 11 is 0. The Morgan fingerprint density at radius 3 is 2.81 bits per heavy atom. The predicted molar refractivity (Wildman–Crippen MR) is 104 cm³/mol. The van der Waals surface area contributed by atoms with Crippen molar-refractivity contribution in [1.29, 1.82) is 0 Å². The molecule has 1 aromatic heterocycles. The lowest BCUT2D eigenvalue weighted by Gasteiger charge is -2.31. The van der Waals surface area contributed by atoms with Crippen molar-refractivity contribution in [2.75, 3.05) is 36.5 Å². The van der Waals surface area contributed by atoms with E-state index >= 15 is 0 Å². The van der Waals surface area contributed by atoms with Crippen LogP contribution < -0.4 is 15.0 Å². The number of aryl methyl sites for hydroxylation is 1. The summed E-state index contributed by atoms with van der Waals surface area (Å²) in [5.41, 5.74) is 3.57. The highest BCUT2D eigenvalue weighted by Gasteiger charge is 2.32. The van der Waals surface area contributed by atoms with Gasteiger partial charge in [-0.05, 0) is 26.3 Å². The summed E-state index contributed by atoms with van der Waals surface area (Å²) in [4.78, 5) is 22.2. The van der Waals surface area contributed by atoms with Gasteiger partial charge in [0.1, 0.15) is 11.4 Å². The fourth-order valence-corrected chi connectivity index (χ4v) is 3.64. The number of benzene rings is 1. The van der Waals surface area contributed by atoms with Crippen LogP contribution in [-0.4, -0.2) is 47.8 Å². The molecule has 0 unspecified atom stereocenters. The average Bonchev–Trinajstić information content (AvgIpc) is 3.24. The molecule has 2 aliphatic heterocycles. The number of aromatic nitrogens is 2. The van der Waals surface area contributed by atoms with Crippen LogP contribution in [0.5, 0.6) is 5.75 Å². The molecular weight excluding hydrogens is 344 g/mol. The van der Waals surface area contributed by atoms with Gasteiger partial charge in [-0.15, -0.1) is 0 Å². The van der Waals surface area contributed by atoms with Crippen LogP contribution in [0.1, 0.15) is 42.6 Å². The summed E-state index contributed by atoms with van der Waals surface area (Å²) in [6.07, 6.45) is 3.33. The monoisotopic (exact) mass is 370 g/mol. The Kier molecular flexibility index (Phi) is 4.55. The van der Waals surface area contributed by atoms with Gasteiger partial charge in [0.05, 0.1) is 24.6 Å². The van der Waals surface area contributed by atoms with Gasteiger partial charge in [0.2, 0.25) is 0 Å². The minimum Gasteiger partial charge on any atom is -0.487 e. The fourth-order valence-electron chi connectivity index (χ4n) is 3.64. The second kappa shape index (κ2) is 6.88. The molecule has 1 fully saturated rings. The molecule has 2 aliphatic rings. The molecule has 1 amide bonds. The first-order valence-electron chi connectivity index (χ1n) is 9.49. The van der Waals surface area contributed by atoms with E-state index < -0.39 is 0 Å². The molecule has 2 aromatic rings. The molecule has 2 N–H and O–H groups in total. The molecule has 0 atom stereocenters. The van der Waals surface area contributed by atoms with E-state index in [0.29, 0.717) is 19.0 Å². The molecule has 0 bridgehead atoms. The summed E-state index contributed by atoms with van der Waals surface area (Å²) in [5, 5.41) is 3.05. The third-order valence-corrected chi connectivity index (χ3v) is 5.01. The third kappa shape index (κ3) is 3.64. The van der Waals surface area contributed by atoms with Gasteiger partial charge in [0.25, 0.3) is 5.91 Å². The van der Waals surface area contributed by atoms with Crippen LogP contribution in [0.15, 0.2) is 18.3 Å². The molecule has 0 radical (unpaired) electrons. The number of H-pyrrole nitrogens is 1. The molecule has 144 valence electrons. The number of morpholine rings is 1. The highest BCUT2D eigenvalue weighted by atomic mass is 16.5. The standard InChI is InChI=1S/C20H26N4O3/c1-4-14-12-21-18(22-14)19(25)23-15-9-13-11-20(2,3)27-17(13)10-16(15)24-5-7-26-8-6-24/h9-10,12H,4-8,11H2,1-3H3,(H,21,22)(H,23,25). The number of hydrogen-bond donors (Lipinski definition) is 2. The number of amides is 1. The van der Waals surface area contributed by atoms with Crippen LogP contribution in [0.2, 0.25) is 0 Å². The maximum absolute atomic E-state index is 12.7. The number of aromatic amines is 1. The van der Waals surface area contributed by atoms with Crippen LogP contribution in [0.3, 0.4) is 0 Å². The SMILES string of the molecule is CCc1cnc(C(=O)Nc2cc3c(cc2N2CCOCC2)OC(C)(C)C3)[nH]1. The summed E-state index contributed by atoms with van der Waals surface area (Å²) in [7, 11) is 0. The first-order valence-corrected chi connectivity index (χ1v) is 9.49. The number of anilines is 2. The first-order chi connectivity index (χ1) is 12.9. The number of nitrogens with zero attached hydrogens (tertiary/aromatic N) is 2. The number of rotatable bonds is 4. The zero-order valence-electron chi connectivity index (χ0n) is 16.1. The van der Waals surface area contributed by atoms with E-state index in [9.17, 15) is 4.79 Å². The van der Waals surface area contributed by atoms with Crippen molar-refractivity contribution in [3.05, 3.63) is 35.4 Å². The number of nitrogens with one attached hydrogen (secondary N) is 2. The highest BCUT2D eigenvalue weighted by Crippen LogP contribution is 2.41. The Morgan fingerprint density at radius 1 is 1.33 bits per heavy atom. The van der Waals surface area contributed by atoms with Gasteiger partial charge < -0.3 is 24.7 Å². The van der Waals surface area contributed by atoms with Crippen molar-refractivity contribution in [3.63, 3.8) is 0 Å². The van der Waals surface area contributed by atoms with E-state index in [4.69, 9.17) is 9.47 Å². The maximum atomic E-state index is 12.7. The maximum Gasteiger partial charge on any atom is 0.291 e. The lowest BCUT2D eigenvalue weighted by Crippen LogP contribution is -2.36. The zero-order valence-corrected chi connectivity index (χ0v) is 16.1. The van der Waals surface area contributed by atoms with Crippen molar-refractivity contribution in [2.24, 2.45) is 0 Å². The van der Waals surface area contributed by atoms with Gasteiger partial charge in [0.15, 0.2) is 5.82 Å². The number of carbonyl (C=O) groups is 1. The van der Waals surface area contributed by atoms with E-state index in [0.717, 1.165) is 54.3 Å². The summed E-state index contributed by atoms with van der Waals surface area (Å²) < 4.78 is 11.6. The van der Waals surface area contributed by atoms with Crippen molar-refractivity contribution < 1.29 is 14.3 Å². The van der Waals surface area contributed by atoms with Gasteiger partial charge in [-0.2, -0.15) is 0 Å². The molecule has 7 nitrogen and oxygen atoms in total. The van der Waals surface area contributed by atoms with Crippen molar-refractivity contribution in [2.45, 2.75) is 39.2 Å². The van der Waals surface area contributed by atoms with Gasteiger partial charge >= 0.3 is 0 Å². The molecule has 7 heteroatoms. The lowest BCUT2D eigenvalue weighted by atomic mass is 10.0. The van der Waals surface area contributed by atoms with Gasteiger partial charge in [-0.3, -0.25) is 4.79 Å². The number of imidazole rings is 1. The van der Waals surface area contributed by atoms with Crippen LogP contribution in [0, 0.1) is 0 Å². The van der Waals surface area contributed by atoms with E-state index in [1.807, 2.05) is 19.1 Å². The van der Waals surface area contributed by atoms with Crippen LogP contribution >= 0.6 is 0 Å². The number of fused-ring (bicyclic) bond motifs is 1. The smallest absolute Gasteiger partial charge is 0.291 e. The minimum absolute atomic E-state index is 0.232. The second-order valence-corrected chi connectivity index (χ2v) is 7.68. The fraction of sp³-hybridized carbons (Fsp3) is 0.500. The Hall–Kier alpha value is -2.54. The number of ether oxygens (including phenoxy) is 2. The Bertz CT molecular complexity index is 853. The molecule has 0 saturated carbocycles. The predicted octanol–water partition coefficient (Wildman–Crippen LogP) is 2.77. The van der Waals surface area contributed by atoms with E-state index in [2.05, 4.69) is 34.0 Å². The molecular formula is C20H26N4O3. The first kappa shape index (κ1) is 17.9. The van der Waals surface area contributed by atoms with E-state index in [-0.39, 0.29) is 11.5 Å². The van der Waals surface area contributed by atoms with Gasteiger partial charge in [0, 0.05) is 43.0 Å². The van der Waals surface area contributed by atoms with Crippen LogP contribution in [-0.2, 0) is 17.6 Å². The summed E-state index contributed by atoms with van der Waals surface area (Å²) in [5.74, 6) is 0.991. The lowest BCUT2D eigenvalue weighted by molar-refractivity contribution is 0.101. The third-order valence-electron chi connectivity index (χ3n) is 5.01. The Labute approximate surface area is 159 Å². The van der Waals surface area contributed by atoms with Crippen molar-refractivity contribution >= 4 is 17.3 Å². The second-order valence-electron chi connectivity index (χ2n) is 7.68. The quantitative estimate of drug-likeness (QED) is 0.865. The molecule has 4 rings (SSSR count). The van der Waals surface area contributed by atoms with E-state index in [1.165, 1.54) is 0 Å². The molecule has 3 heterocycles. The summed E-state index contributed by atoms with van der Waals surface area (Å²) in [6.45, 7) is 9.10. The highest BCUT2D eigenvalue weighted by molar-refractivity contribution is 6.04. The molecule has 0 spiro atoms. The van der Waals surface area contributed by atoms with Crippen molar-refractivity contribution in [3.8, 4) is 5.75 Å². The Morgan fingerprint density at radius 2 is 2.11 bits per heavy atom. The zero-order chi connectivity index (χ0) is 19.0. The summed E-state index contributed by atoms with van der Waals surface area (Å²) in [6, 6.07) is 4.08. The molecule has 0 aliphatic carbocycles. The molecule has 1 aromatic carbocycles. The topological polar surface area (TPSA) is 79.5 Å². The van der Waals surface area contributed by atoms with Gasteiger partial charge in [-0.25, -0.2) is 4.98 Å². The average molecular weight is 370 g/mol. The van der Waals surface area contributed by atoms with Gasteiger partial charge in [-0.1, -0.05) is 6.92 Å². The molecule has 27 heavy (non-hydrogen) atoms. The van der Waals surface area contributed by atoms with E-state index in [1.54, 1.807) is 6.20 Å². The van der Waals surface area contributed by atoms with Crippen LogP contribution in [0.25, 0.3) is 0 Å². The van der Waals surface area contributed by atoms with Crippen molar-refractivity contribution in [1.82, 2.24) is 9.97 Å².